The molecule has 1 fully saturated rings. The molecule has 0 aliphatic heterocycles. The molecule has 0 bridgehead atoms. The van der Waals surface area contributed by atoms with E-state index < -0.39 is 0 Å². The Kier molecular flexibility index (Phi) is 12.2. The van der Waals surface area contributed by atoms with E-state index in [1.54, 1.807) is 0 Å². The van der Waals surface area contributed by atoms with Gasteiger partial charge in [-0.05, 0) is 17.8 Å². The Bertz CT molecular complexity index is 232. The third kappa shape index (κ3) is 9.90. The van der Waals surface area contributed by atoms with Crippen LogP contribution in [0, 0.1) is 17.8 Å². The van der Waals surface area contributed by atoms with Crippen LogP contribution in [0.15, 0.2) is 0 Å². The van der Waals surface area contributed by atoms with E-state index in [0.29, 0.717) is 0 Å². The third-order valence-electron chi connectivity index (χ3n) is 6.24. The second-order valence-electron chi connectivity index (χ2n) is 8.29. The maximum atomic E-state index is 2.50. The lowest BCUT2D eigenvalue weighted by atomic mass is 9.82. The van der Waals surface area contributed by atoms with Gasteiger partial charge in [0.15, 0.2) is 0 Å². The van der Waals surface area contributed by atoms with E-state index >= 15 is 0 Å². The van der Waals surface area contributed by atoms with Gasteiger partial charge in [-0.2, -0.15) is 0 Å². The van der Waals surface area contributed by atoms with Crippen molar-refractivity contribution in [2.24, 2.45) is 17.8 Å². The first kappa shape index (κ1) is 20.0. The topological polar surface area (TPSA) is 0 Å². The molecule has 0 heteroatoms. The van der Waals surface area contributed by atoms with Crippen LogP contribution in [-0.4, -0.2) is 0 Å². The summed E-state index contributed by atoms with van der Waals surface area (Å²) in [5, 5.41) is 0. The lowest BCUT2D eigenvalue weighted by Gasteiger charge is -2.24. The lowest BCUT2D eigenvalue weighted by molar-refractivity contribution is 0.281. The summed E-state index contributed by atoms with van der Waals surface area (Å²) in [6.07, 6.45) is 23.7. The fourth-order valence-electron chi connectivity index (χ4n) is 4.23. The fraction of sp³-hybridized carbons (Fsp3) is 1.00. The number of hydrogen-bond donors (Lipinski definition) is 0. The second-order valence-corrected chi connectivity index (χ2v) is 8.29. The van der Waals surface area contributed by atoms with E-state index in [1.165, 1.54) is 103 Å². The zero-order valence-electron chi connectivity index (χ0n) is 16.0. The van der Waals surface area contributed by atoms with E-state index in [-0.39, 0.29) is 0 Å². The monoisotopic (exact) mass is 308 g/mol. The Morgan fingerprint density at radius 2 is 1.05 bits per heavy atom. The maximum absolute atomic E-state index is 2.50. The van der Waals surface area contributed by atoms with Crippen LogP contribution in [0.3, 0.4) is 0 Å². The summed E-state index contributed by atoms with van der Waals surface area (Å²) < 4.78 is 0. The molecule has 0 N–H and O–H groups in total. The van der Waals surface area contributed by atoms with Gasteiger partial charge in [0.1, 0.15) is 0 Å². The van der Waals surface area contributed by atoms with Crippen LogP contribution < -0.4 is 0 Å². The Hall–Kier alpha value is 0. The minimum Gasteiger partial charge on any atom is -0.0651 e. The standard InChI is InChI=1S/C22H44/c1-4-21(3)22-18-14-12-10-8-6-5-7-9-11-13-16-20(2)17-15-19-22/h20-22H,4-19H2,1-3H3. The normalized spacial score (nSPS) is 29.6. The van der Waals surface area contributed by atoms with Crippen molar-refractivity contribution < 1.29 is 0 Å². The minimum atomic E-state index is 0.942. The summed E-state index contributed by atoms with van der Waals surface area (Å²) >= 11 is 0. The quantitative estimate of drug-likeness (QED) is 0.482. The summed E-state index contributed by atoms with van der Waals surface area (Å²) in [5.41, 5.74) is 0. The molecule has 0 aromatic rings. The van der Waals surface area contributed by atoms with Crippen LogP contribution >= 0.6 is 0 Å². The van der Waals surface area contributed by atoms with Crippen LogP contribution in [-0.2, 0) is 0 Å². The SMILES string of the molecule is CCC(C)C1CCCCCCCCCCCCC(C)CCC1. The molecule has 1 aliphatic carbocycles. The van der Waals surface area contributed by atoms with E-state index in [2.05, 4.69) is 20.8 Å². The third-order valence-corrected chi connectivity index (χ3v) is 6.24. The van der Waals surface area contributed by atoms with Gasteiger partial charge in [-0.15, -0.1) is 0 Å². The van der Waals surface area contributed by atoms with Crippen molar-refractivity contribution in [1.82, 2.24) is 0 Å². The van der Waals surface area contributed by atoms with Crippen LogP contribution in [0.1, 0.15) is 124 Å². The predicted octanol–water partition coefficient (Wildman–Crippen LogP) is 8.15. The second kappa shape index (κ2) is 13.4. The van der Waals surface area contributed by atoms with Gasteiger partial charge in [-0.3, -0.25) is 0 Å². The summed E-state index contributed by atoms with van der Waals surface area (Å²) in [6, 6.07) is 0. The van der Waals surface area contributed by atoms with Crippen molar-refractivity contribution in [3.05, 3.63) is 0 Å². The molecular formula is C22H44. The molecule has 0 saturated heterocycles. The molecule has 0 spiro atoms. The summed E-state index contributed by atoms with van der Waals surface area (Å²) in [5.74, 6) is 2.92. The molecular weight excluding hydrogens is 264 g/mol. The molecule has 3 unspecified atom stereocenters. The van der Waals surface area contributed by atoms with Gasteiger partial charge in [0.05, 0.1) is 0 Å². The van der Waals surface area contributed by atoms with Gasteiger partial charge in [-0.1, -0.05) is 124 Å². The first-order valence-corrected chi connectivity index (χ1v) is 10.7. The summed E-state index contributed by atoms with van der Waals surface area (Å²) in [4.78, 5) is 0. The van der Waals surface area contributed by atoms with Crippen LogP contribution in [0.25, 0.3) is 0 Å². The highest BCUT2D eigenvalue weighted by molar-refractivity contribution is 4.67. The highest BCUT2D eigenvalue weighted by atomic mass is 14.2. The number of hydrogen-bond acceptors (Lipinski definition) is 0. The largest absolute Gasteiger partial charge is 0.0651 e. The zero-order chi connectivity index (χ0) is 16.0. The first-order valence-electron chi connectivity index (χ1n) is 10.7. The highest BCUT2D eigenvalue weighted by Crippen LogP contribution is 2.29. The fourth-order valence-corrected chi connectivity index (χ4v) is 4.23. The Morgan fingerprint density at radius 1 is 0.636 bits per heavy atom. The number of rotatable bonds is 2. The van der Waals surface area contributed by atoms with Crippen molar-refractivity contribution in [3.8, 4) is 0 Å². The highest BCUT2D eigenvalue weighted by Gasteiger charge is 2.15. The maximum Gasteiger partial charge on any atom is -0.0389 e. The van der Waals surface area contributed by atoms with Crippen LogP contribution in [0.4, 0.5) is 0 Å². The molecule has 132 valence electrons. The predicted molar refractivity (Wildman–Crippen MR) is 101 cm³/mol. The average molecular weight is 309 g/mol. The molecule has 3 atom stereocenters. The smallest absolute Gasteiger partial charge is 0.0389 e. The molecule has 1 rings (SSSR count). The molecule has 0 nitrogen and oxygen atoms in total. The summed E-state index contributed by atoms with van der Waals surface area (Å²) in [6.45, 7) is 7.37. The van der Waals surface area contributed by atoms with Crippen LogP contribution in [0.2, 0.25) is 0 Å². The van der Waals surface area contributed by atoms with Gasteiger partial charge in [0.25, 0.3) is 0 Å². The van der Waals surface area contributed by atoms with E-state index in [1.807, 2.05) is 0 Å². The first-order chi connectivity index (χ1) is 10.7. The van der Waals surface area contributed by atoms with Crippen LogP contribution in [0.5, 0.6) is 0 Å². The Balaban J connectivity index is 2.36. The average Bonchev–Trinajstić information content (AvgIpc) is 2.52. The molecule has 0 radical (unpaired) electrons. The molecule has 0 amide bonds. The van der Waals surface area contributed by atoms with Gasteiger partial charge in [-0.25, -0.2) is 0 Å². The molecule has 1 saturated carbocycles. The molecule has 0 aromatic heterocycles. The van der Waals surface area contributed by atoms with Gasteiger partial charge in [0.2, 0.25) is 0 Å². The molecule has 22 heavy (non-hydrogen) atoms. The molecule has 1 aliphatic rings. The van der Waals surface area contributed by atoms with Crippen molar-refractivity contribution in [3.63, 3.8) is 0 Å². The lowest BCUT2D eigenvalue weighted by Crippen LogP contribution is -2.12. The van der Waals surface area contributed by atoms with E-state index in [9.17, 15) is 0 Å². The summed E-state index contributed by atoms with van der Waals surface area (Å²) in [7, 11) is 0. The molecule has 0 aromatic carbocycles. The Morgan fingerprint density at radius 3 is 1.59 bits per heavy atom. The van der Waals surface area contributed by atoms with Gasteiger partial charge in [0, 0.05) is 0 Å². The van der Waals surface area contributed by atoms with Gasteiger partial charge >= 0.3 is 0 Å². The van der Waals surface area contributed by atoms with Crippen molar-refractivity contribution in [1.29, 1.82) is 0 Å². The van der Waals surface area contributed by atoms with E-state index in [0.717, 1.165) is 17.8 Å². The van der Waals surface area contributed by atoms with Crippen molar-refractivity contribution >= 4 is 0 Å². The van der Waals surface area contributed by atoms with Crippen molar-refractivity contribution in [2.45, 2.75) is 124 Å². The van der Waals surface area contributed by atoms with Crippen molar-refractivity contribution in [2.75, 3.05) is 0 Å². The van der Waals surface area contributed by atoms with Gasteiger partial charge < -0.3 is 0 Å². The Labute approximate surface area is 141 Å². The molecule has 0 heterocycles. The van der Waals surface area contributed by atoms with E-state index in [4.69, 9.17) is 0 Å². The minimum absolute atomic E-state index is 0.942. The zero-order valence-corrected chi connectivity index (χ0v) is 16.0.